The summed E-state index contributed by atoms with van der Waals surface area (Å²) in [5.74, 6) is 3.68. The Bertz CT molecular complexity index is 614. The predicted molar refractivity (Wildman–Crippen MR) is 73.1 cm³/mol. The third kappa shape index (κ3) is 3.74. The zero-order valence-corrected chi connectivity index (χ0v) is 11.4. The predicted octanol–water partition coefficient (Wildman–Crippen LogP) is 2.86. The van der Waals surface area contributed by atoms with Crippen LogP contribution in [-0.2, 0) is 6.42 Å². The minimum Gasteiger partial charge on any atom is -0.494 e. The van der Waals surface area contributed by atoms with Crippen molar-refractivity contribution in [1.29, 1.82) is 0 Å². The summed E-state index contributed by atoms with van der Waals surface area (Å²) >= 11 is 0. The molecule has 0 aliphatic carbocycles. The number of rotatable bonds is 5. The zero-order chi connectivity index (χ0) is 15.4. The van der Waals surface area contributed by atoms with Crippen LogP contribution < -0.4 is 16.0 Å². The molecule has 21 heavy (non-hydrogen) atoms. The second kappa shape index (κ2) is 6.60. The van der Waals surface area contributed by atoms with Gasteiger partial charge in [-0.3, -0.25) is 11.3 Å². The van der Waals surface area contributed by atoms with Crippen LogP contribution in [0.4, 0.5) is 13.2 Å². The Morgan fingerprint density at radius 3 is 2.29 bits per heavy atom. The molecule has 1 unspecified atom stereocenters. The van der Waals surface area contributed by atoms with Gasteiger partial charge >= 0.3 is 0 Å². The summed E-state index contributed by atoms with van der Waals surface area (Å²) in [5, 5.41) is 0. The summed E-state index contributed by atoms with van der Waals surface area (Å²) in [5.41, 5.74) is 3.46. The molecule has 0 amide bonds. The lowest BCUT2D eigenvalue weighted by Crippen LogP contribution is -2.29. The highest BCUT2D eigenvalue weighted by Gasteiger charge is 2.14. The van der Waals surface area contributed by atoms with Gasteiger partial charge in [0.15, 0.2) is 11.6 Å². The molecule has 0 saturated carbocycles. The smallest absolute Gasteiger partial charge is 0.165 e. The van der Waals surface area contributed by atoms with E-state index in [1.165, 1.54) is 31.4 Å². The number of hydrazine groups is 1. The van der Waals surface area contributed by atoms with Gasteiger partial charge in [-0.25, -0.2) is 13.2 Å². The van der Waals surface area contributed by atoms with E-state index in [0.717, 1.165) is 6.07 Å². The second-order valence-electron chi connectivity index (χ2n) is 4.60. The van der Waals surface area contributed by atoms with Crippen molar-refractivity contribution in [1.82, 2.24) is 5.43 Å². The van der Waals surface area contributed by atoms with Crippen LogP contribution in [0.5, 0.6) is 5.75 Å². The maximum atomic E-state index is 13.6. The lowest BCUT2D eigenvalue weighted by Gasteiger charge is -2.17. The van der Waals surface area contributed by atoms with Crippen LogP contribution in [0.15, 0.2) is 36.4 Å². The first-order chi connectivity index (χ1) is 10.0. The molecule has 0 aromatic heterocycles. The first kappa shape index (κ1) is 15.3. The van der Waals surface area contributed by atoms with Crippen molar-refractivity contribution in [2.24, 2.45) is 5.84 Å². The van der Waals surface area contributed by atoms with E-state index >= 15 is 0 Å². The standard InChI is InChI=1S/C15H15F3N2O/c1-21-15-3-2-9(4-13(15)18)5-14(20-19)10-6-11(16)8-12(17)7-10/h2-4,6-8,14,20H,5,19H2,1H3. The Balaban J connectivity index is 2.24. The van der Waals surface area contributed by atoms with E-state index in [2.05, 4.69) is 5.43 Å². The molecule has 112 valence electrons. The third-order valence-corrected chi connectivity index (χ3v) is 3.14. The Morgan fingerprint density at radius 1 is 1.10 bits per heavy atom. The number of nitrogens with two attached hydrogens (primary N) is 1. The SMILES string of the molecule is COc1ccc(CC(NN)c2cc(F)cc(F)c2)cc1F. The third-order valence-electron chi connectivity index (χ3n) is 3.14. The zero-order valence-electron chi connectivity index (χ0n) is 11.4. The van der Waals surface area contributed by atoms with Gasteiger partial charge in [0.2, 0.25) is 0 Å². The first-order valence-electron chi connectivity index (χ1n) is 6.28. The second-order valence-corrected chi connectivity index (χ2v) is 4.60. The van der Waals surface area contributed by atoms with Gasteiger partial charge in [-0.15, -0.1) is 0 Å². The van der Waals surface area contributed by atoms with Crippen molar-refractivity contribution in [2.45, 2.75) is 12.5 Å². The van der Waals surface area contributed by atoms with Gasteiger partial charge in [0.1, 0.15) is 11.6 Å². The van der Waals surface area contributed by atoms with Gasteiger partial charge < -0.3 is 4.74 Å². The topological polar surface area (TPSA) is 47.3 Å². The first-order valence-corrected chi connectivity index (χ1v) is 6.28. The van der Waals surface area contributed by atoms with Crippen molar-refractivity contribution in [3.05, 3.63) is 65.0 Å². The largest absolute Gasteiger partial charge is 0.494 e. The van der Waals surface area contributed by atoms with Crippen LogP contribution in [0, 0.1) is 17.5 Å². The Morgan fingerprint density at radius 2 is 1.76 bits per heavy atom. The van der Waals surface area contributed by atoms with E-state index in [0.29, 0.717) is 11.1 Å². The van der Waals surface area contributed by atoms with E-state index in [9.17, 15) is 13.2 Å². The minimum absolute atomic E-state index is 0.132. The highest BCUT2D eigenvalue weighted by Crippen LogP contribution is 2.23. The van der Waals surface area contributed by atoms with Crippen LogP contribution in [0.1, 0.15) is 17.2 Å². The molecule has 0 saturated heterocycles. The molecule has 0 heterocycles. The molecule has 0 fully saturated rings. The van der Waals surface area contributed by atoms with Crippen molar-refractivity contribution >= 4 is 0 Å². The average Bonchev–Trinajstić information content (AvgIpc) is 2.43. The molecule has 0 aliphatic rings. The number of methoxy groups -OCH3 is 1. The molecule has 2 aromatic carbocycles. The molecule has 3 nitrogen and oxygen atoms in total. The monoisotopic (exact) mass is 296 g/mol. The van der Waals surface area contributed by atoms with Gasteiger partial charge in [0.05, 0.1) is 13.2 Å². The van der Waals surface area contributed by atoms with Crippen LogP contribution >= 0.6 is 0 Å². The van der Waals surface area contributed by atoms with Gasteiger partial charge in [0, 0.05) is 6.07 Å². The molecular formula is C15H15F3N2O. The summed E-state index contributed by atoms with van der Waals surface area (Å²) < 4.78 is 45.0. The van der Waals surface area contributed by atoms with Crippen molar-refractivity contribution in [3.8, 4) is 5.75 Å². The Hall–Kier alpha value is -2.05. The fraction of sp³-hybridized carbons (Fsp3) is 0.200. The van der Waals surface area contributed by atoms with E-state index < -0.39 is 23.5 Å². The summed E-state index contributed by atoms with van der Waals surface area (Å²) in [6.07, 6.45) is 0.278. The molecule has 0 aliphatic heterocycles. The van der Waals surface area contributed by atoms with Crippen molar-refractivity contribution in [2.75, 3.05) is 7.11 Å². The fourth-order valence-corrected chi connectivity index (χ4v) is 2.12. The molecular weight excluding hydrogens is 281 g/mol. The van der Waals surface area contributed by atoms with E-state index in [1.807, 2.05) is 0 Å². The number of benzene rings is 2. The van der Waals surface area contributed by atoms with E-state index in [-0.39, 0.29) is 12.2 Å². The Labute approximate surface area is 120 Å². The van der Waals surface area contributed by atoms with E-state index in [1.54, 1.807) is 6.07 Å². The van der Waals surface area contributed by atoms with Crippen molar-refractivity contribution in [3.63, 3.8) is 0 Å². The molecule has 3 N–H and O–H groups in total. The summed E-state index contributed by atoms with van der Waals surface area (Å²) in [6, 6.07) is 7.08. The van der Waals surface area contributed by atoms with Crippen LogP contribution in [0.25, 0.3) is 0 Å². The number of ether oxygens (including phenoxy) is 1. The van der Waals surface area contributed by atoms with Crippen LogP contribution in [-0.4, -0.2) is 7.11 Å². The van der Waals surface area contributed by atoms with E-state index in [4.69, 9.17) is 10.6 Å². The molecule has 0 spiro atoms. The van der Waals surface area contributed by atoms with Gasteiger partial charge in [0.25, 0.3) is 0 Å². The highest BCUT2D eigenvalue weighted by atomic mass is 19.1. The van der Waals surface area contributed by atoms with Gasteiger partial charge in [-0.1, -0.05) is 6.07 Å². The van der Waals surface area contributed by atoms with Crippen LogP contribution in [0.2, 0.25) is 0 Å². The highest BCUT2D eigenvalue weighted by molar-refractivity contribution is 5.31. The maximum Gasteiger partial charge on any atom is 0.165 e. The molecule has 1 atom stereocenters. The lowest BCUT2D eigenvalue weighted by atomic mass is 9.99. The summed E-state index contributed by atoms with van der Waals surface area (Å²) in [6.45, 7) is 0. The Kier molecular flexibility index (Phi) is 4.82. The lowest BCUT2D eigenvalue weighted by molar-refractivity contribution is 0.386. The molecule has 2 aromatic rings. The minimum atomic E-state index is -0.689. The quantitative estimate of drug-likeness (QED) is 0.659. The molecule has 2 rings (SSSR count). The molecule has 0 bridgehead atoms. The van der Waals surface area contributed by atoms with Gasteiger partial charge in [-0.2, -0.15) is 0 Å². The normalized spacial score (nSPS) is 12.2. The molecule has 6 heteroatoms. The van der Waals surface area contributed by atoms with Gasteiger partial charge in [-0.05, 0) is 41.8 Å². The summed E-state index contributed by atoms with van der Waals surface area (Å²) in [4.78, 5) is 0. The molecule has 0 radical (unpaired) electrons. The number of hydrogen-bond donors (Lipinski definition) is 2. The number of hydrogen-bond acceptors (Lipinski definition) is 3. The van der Waals surface area contributed by atoms with Crippen LogP contribution in [0.3, 0.4) is 0 Å². The fourth-order valence-electron chi connectivity index (χ4n) is 2.12. The summed E-state index contributed by atoms with van der Waals surface area (Å²) in [7, 11) is 1.37. The number of nitrogens with one attached hydrogen (secondary N) is 1. The average molecular weight is 296 g/mol. The number of halogens is 3. The maximum absolute atomic E-state index is 13.6. The van der Waals surface area contributed by atoms with Crippen molar-refractivity contribution < 1.29 is 17.9 Å².